The first-order valence-corrected chi connectivity index (χ1v) is 8.21. The first-order valence-electron chi connectivity index (χ1n) is 7.06. The van der Waals surface area contributed by atoms with Gasteiger partial charge in [0.15, 0.2) is 0 Å². The summed E-state index contributed by atoms with van der Waals surface area (Å²) < 4.78 is 0. The molecule has 1 nitrogen and oxygen atoms in total. The third-order valence-electron chi connectivity index (χ3n) is 4.45. The maximum absolute atomic E-state index is 2.71. The fourth-order valence-corrected chi connectivity index (χ4v) is 4.17. The minimum Gasteiger partial charge on any atom is -0.301 e. The quantitative estimate of drug-likeness (QED) is 0.744. The van der Waals surface area contributed by atoms with E-state index in [-0.39, 0.29) is 0 Å². The molecule has 0 aromatic heterocycles. The minimum atomic E-state index is 0.910. The van der Waals surface area contributed by atoms with E-state index < -0.39 is 0 Å². The van der Waals surface area contributed by atoms with E-state index in [2.05, 4.69) is 30.5 Å². The van der Waals surface area contributed by atoms with Crippen molar-refractivity contribution in [2.45, 2.75) is 39.5 Å². The van der Waals surface area contributed by atoms with Crippen LogP contribution in [0, 0.1) is 17.8 Å². The summed E-state index contributed by atoms with van der Waals surface area (Å²) >= 11 is 2.12. The lowest BCUT2D eigenvalue weighted by Crippen LogP contribution is -2.37. The van der Waals surface area contributed by atoms with Gasteiger partial charge in [0.1, 0.15) is 0 Å². The Morgan fingerprint density at radius 2 is 1.69 bits per heavy atom. The molecule has 0 aromatic rings. The van der Waals surface area contributed by atoms with E-state index in [4.69, 9.17) is 0 Å². The van der Waals surface area contributed by atoms with Gasteiger partial charge in [-0.3, -0.25) is 0 Å². The Labute approximate surface area is 105 Å². The van der Waals surface area contributed by atoms with Gasteiger partial charge in [0.25, 0.3) is 0 Å². The van der Waals surface area contributed by atoms with Gasteiger partial charge in [0, 0.05) is 31.1 Å². The molecule has 1 aliphatic carbocycles. The lowest BCUT2D eigenvalue weighted by Gasteiger charge is -2.35. The predicted molar refractivity (Wildman–Crippen MR) is 74.1 cm³/mol. The van der Waals surface area contributed by atoms with Gasteiger partial charge in [-0.15, -0.1) is 0 Å². The molecule has 2 aliphatic rings. The standard InChI is InChI=1S/C14H27NS/c1-12(2)14-5-3-13(4-6-14)11-15-7-9-16-10-8-15/h12-14H,3-11H2,1-2H3. The summed E-state index contributed by atoms with van der Waals surface area (Å²) in [5.41, 5.74) is 0. The van der Waals surface area contributed by atoms with Crippen molar-refractivity contribution in [3.63, 3.8) is 0 Å². The second-order valence-corrected chi connectivity index (χ2v) is 7.16. The molecule has 1 aliphatic heterocycles. The molecule has 16 heavy (non-hydrogen) atoms. The maximum Gasteiger partial charge on any atom is 0.00728 e. The molecule has 0 N–H and O–H groups in total. The first kappa shape index (κ1) is 12.8. The zero-order chi connectivity index (χ0) is 11.4. The maximum atomic E-state index is 2.71. The van der Waals surface area contributed by atoms with Crippen LogP contribution in [0.5, 0.6) is 0 Å². The number of nitrogens with zero attached hydrogens (tertiary/aromatic N) is 1. The van der Waals surface area contributed by atoms with Crippen LogP contribution in [0.1, 0.15) is 39.5 Å². The lowest BCUT2D eigenvalue weighted by atomic mass is 9.77. The summed E-state index contributed by atoms with van der Waals surface area (Å²) in [7, 11) is 0. The van der Waals surface area contributed by atoms with E-state index in [1.165, 1.54) is 56.8 Å². The van der Waals surface area contributed by atoms with Gasteiger partial charge in [-0.2, -0.15) is 11.8 Å². The van der Waals surface area contributed by atoms with Crippen LogP contribution < -0.4 is 0 Å². The van der Waals surface area contributed by atoms with Crippen LogP contribution in [0.25, 0.3) is 0 Å². The zero-order valence-electron chi connectivity index (χ0n) is 11.0. The summed E-state index contributed by atoms with van der Waals surface area (Å²) in [6.07, 6.45) is 5.97. The van der Waals surface area contributed by atoms with Crippen molar-refractivity contribution in [3.8, 4) is 0 Å². The molecule has 2 heteroatoms. The van der Waals surface area contributed by atoms with E-state index in [1.54, 1.807) is 0 Å². The van der Waals surface area contributed by atoms with Gasteiger partial charge in [-0.25, -0.2) is 0 Å². The minimum absolute atomic E-state index is 0.910. The van der Waals surface area contributed by atoms with Gasteiger partial charge < -0.3 is 4.90 Å². The molecule has 2 fully saturated rings. The molecule has 1 saturated carbocycles. The van der Waals surface area contributed by atoms with Crippen molar-refractivity contribution in [1.29, 1.82) is 0 Å². The Hall–Kier alpha value is 0.310. The lowest BCUT2D eigenvalue weighted by molar-refractivity contribution is 0.171. The molecule has 0 unspecified atom stereocenters. The van der Waals surface area contributed by atoms with Crippen LogP contribution in [0.15, 0.2) is 0 Å². The molecular formula is C14H27NS. The molecule has 0 atom stereocenters. The second-order valence-electron chi connectivity index (χ2n) is 5.94. The fourth-order valence-electron chi connectivity index (χ4n) is 3.19. The largest absolute Gasteiger partial charge is 0.301 e. The average molecular weight is 241 g/mol. The van der Waals surface area contributed by atoms with E-state index in [0.29, 0.717) is 0 Å². The highest BCUT2D eigenvalue weighted by Gasteiger charge is 2.24. The molecular weight excluding hydrogens is 214 g/mol. The monoisotopic (exact) mass is 241 g/mol. The number of rotatable bonds is 3. The fraction of sp³-hybridized carbons (Fsp3) is 1.00. The van der Waals surface area contributed by atoms with Crippen molar-refractivity contribution in [2.75, 3.05) is 31.1 Å². The molecule has 1 saturated heterocycles. The van der Waals surface area contributed by atoms with Gasteiger partial charge in [0.05, 0.1) is 0 Å². The zero-order valence-corrected chi connectivity index (χ0v) is 11.8. The van der Waals surface area contributed by atoms with E-state index in [1.807, 2.05) is 0 Å². The van der Waals surface area contributed by atoms with E-state index in [0.717, 1.165) is 17.8 Å². The van der Waals surface area contributed by atoms with Gasteiger partial charge in [-0.1, -0.05) is 13.8 Å². The normalized spacial score (nSPS) is 33.2. The van der Waals surface area contributed by atoms with Crippen molar-refractivity contribution >= 4 is 11.8 Å². The van der Waals surface area contributed by atoms with Crippen LogP contribution >= 0.6 is 11.8 Å². The topological polar surface area (TPSA) is 3.24 Å². The van der Waals surface area contributed by atoms with E-state index in [9.17, 15) is 0 Å². The Morgan fingerprint density at radius 3 is 2.25 bits per heavy atom. The van der Waals surface area contributed by atoms with Crippen LogP contribution in [0.2, 0.25) is 0 Å². The third-order valence-corrected chi connectivity index (χ3v) is 5.40. The molecule has 2 rings (SSSR count). The Bertz CT molecular complexity index is 191. The van der Waals surface area contributed by atoms with Gasteiger partial charge in [0.2, 0.25) is 0 Å². The molecule has 0 aromatic carbocycles. The highest BCUT2D eigenvalue weighted by molar-refractivity contribution is 7.99. The van der Waals surface area contributed by atoms with Crippen molar-refractivity contribution in [2.24, 2.45) is 17.8 Å². The Kier molecular flexibility index (Phi) is 5.02. The summed E-state index contributed by atoms with van der Waals surface area (Å²) in [5.74, 6) is 5.67. The van der Waals surface area contributed by atoms with Crippen LogP contribution in [-0.2, 0) is 0 Å². The molecule has 94 valence electrons. The van der Waals surface area contributed by atoms with Gasteiger partial charge in [-0.05, 0) is 43.4 Å². The molecule has 0 radical (unpaired) electrons. The van der Waals surface area contributed by atoms with Crippen molar-refractivity contribution in [3.05, 3.63) is 0 Å². The molecule has 0 bridgehead atoms. The average Bonchev–Trinajstić information content (AvgIpc) is 2.31. The highest BCUT2D eigenvalue weighted by atomic mass is 32.2. The van der Waals surface area contributed by atoms with Crippen LogP contribution in [0.3, 0.4) is 0 Å². The third kappa shape index (κ3) is 3.66. The summed E-state index contributed by atoms with van der Waals surface area (Å²) in [5, 5.41) is 0. The highest BCUT2D eigenvalue weighted by Crippen LogP contribution is 2.33. The summed E-state index contributed by atoms with van der Waals surface area (Å²) in [6, 6.07) is 0. The summed E-state index contributed by atoms with van der Waals surface area (Å²) in [6.45, 7) is 8.87. The van der Waals surface area contributed by atoms with Crippen LogP contribution in [0.4, 0.5) is 0 Å². The molecule has 0 amide bonds. The summed E-state index contributed by atoms with van der Waals surface area (Å²) in [4.78, 5) is 2.71. The predicted octanol–water partition coefficient (Wildman–Crippen LogP) is 3.50. The first-order chi connectivity index (χ1) is 7.75. The SMILES string of the molecule is CC(C)C1CCC(CN2CCSCC2)CC1. The van der Waals surface area contributed by atoms with Crippen LogP contribution in [-0.4, -0.2) is 36.0 Å². The van der Waals surface area contributed by atoms with Gasteiger partial charge >= 0.3 is 0 Å². The number of thioether (sulfide) groups is 1. The molecule has 0 spiro atoms. The number of hydrogen-bond donors (Lipinski definition) is 0. The van der Waals surface area contributed by atoms with E-state index >= 15 is 0 Å². The molecule has 1 heterocycles. The second kappa shape index (κ2) is 6.30. The Balaban J connectivity index is 1.68. The number of hydrogen-bond acceptors (Lipinski definition) is 2. The Morgan fingerprint density at radius 1 is 1.06 bits per heavy atom. The smallest absolute Gasteiger partial charge is 0.00728 e. The van der Waals surface area contributed by atoms with Crippen molar-refractivity contribution in [1.82, 2.24) is 4.90 Å². The van der Waals surface area contributed by atoms with Crippen molar-refractivity contribution < 1.29 is 0 Å².